The van der Waals surface area contributed by atoms with Gasteiger partial charge in [0.15, 0.2) is 0 Å². The average Bonchev–Trinajstić information content (AvgIpc) is 2.91. The van der Waals surface area contributed by atoms with Gasteiger partial charge in [-0.2, -0.15) is 17.0 Å². The van der Waals surface area contributed by atoms with Gasteiger partial charge in [-0.25, -0.2) is 4.98 Å². The van der Waals surface area contributed by atoms with E-state index in [1.807, 2.05) is 10.8 Å². The molecule has 9 heteroatoms. The second-order valence-corrected chi connectivity index (χ2v) is 6.56. The second kappa shape index (κ2) is 5.90. The molecule has 1 aromatic heterocycles. The van der Waals surface area contributed by atoms with Gasteiger partial charge in [-0.15, -0.1) is 0 Å². The maximum Gasteiger partial charge on any atom is 0.306 e. The van der Waals surface area contributed by atoms with Crippen LogP contribution in [0.25, 0.3) is 0 Å². The average molecular weight is 302 g/mol. The number of esters is 1. The fourth-order valence-electron chi connectivity index (χ4n) is 2.01. The fraction of sp³-hybridized carbons (Fsp3) is 0.636. The molecule has 0 saturated heterocycles. The van der Waals surface area contributed by atoms with Crippen molar-refractivity contribution in [3.8, 4) is 0 Å². The Labute approximate surface area is 118 Å². The van der Waals surface area contributed by atoms with E-state index in [1.54, 1.807) is 6.20 Å². The van der Waals surface area contributed by atoms with Crippen molar-refractivity contribution < 1.29 is 17.9 Å². The Morgan fingerprint density at radius 3 is 2.95 bits per heavy atom. The zero-order valence-electron chi connectivity index (χ0n) is 11.5. The summed E-state index contributed by atoms with van der Waals surface area (Å²) in [5, 5.41) is 0. The first-order valence-corrected chi connectivity index (χ1v) is 7.63. The first kappa shape index (κ1) is 14.9. The van der Waals surface area contributed by atoms with E-state index in [-0.39, 0.29) is 19.5 Å². The molecule has 0 aromatic carbocycles. The van der Waals surface area contributed by atoms with Crippen molar-refractivity contribution in [2.45, 2.75) is 19.5 Å². The summed E-state index contributed by atoms with van der Waals surface area (Å²) in [7, 11) is -0.844. The molecule has 2 rings (SSSR count). The molecule has 8 nitrogen and oxygen atoms in total. The Balaban J connectivity index is 2.02. The van der Waals surface area contributed by atoms with Crippen molar-refractivity contribution in [2.75, 3.05) is 27.2 Å². The third-order valence-corrected chi connectivity index (χ3v) is 5.22. The molecule has 2 heterocycles. The number of imidazole rings is 1. The maximum atomic E-state index is 12.4. The van der Waals surface area contributed by atoms with Gasteiger partial charge in [0.05, 0.1) is 20.1 Å². The minimum atomic E-state index is -3.58. The van der Waals surface area contributed by atoms with Crippen LogP contribution in [0.15, 0.2) is 12.4 Å². The molecule has 0 N–H and O–H groups in total. The zero-order valence-corrected chi connectivity index (χ0v) is 12.3. The third-order valence-electron chi connectivity index (χ3n) is 3.29. The Hall–Kier alpha value is -1.45. The van der Waals surface area contributed by atoms with E-state index in [1.165, 1.54) is 22.8 Å². The van der Waals surface area contributed by atoms with E-state index in [0.29, 0.717) is 13.1 Å². The van der Waals surface area contributed by atoms with Crippen molar-refractivity contribution in [1.82, 2.24) is 18.2 Å². The Kier molecular flexibility index (Phi) is 4.41. The molecule has 0 fully saturated rings. The van der Waals surface area contributed by atoms with Crippen LogP contribution in [-0.4, -0.2) is 59.8 Å². The molecular formula is C11H18N4O4S. The summed E-state index contributed by atoms with van der Waals surface area (Å²) in [6, 6.07) is 0. The molecule has 0 bridgehead atoms. The highest BCUT2D eigenvalue weighted by atomic mass is 32.2. The van der Waals surface area contributed by atoms with E-state index in [9.17, 15) is 13.2 Å². The number of hydrogen-bond acceptors (Lipinski definition) is 5. The number of ether oxygens (including phenoxy) is 1. The van der Waals surface area contributed by atoms with E-state index in [2.05, 4.69) is 9.72 Å². The SMILES string of the molecule is COC(=O)CCN(C)S(=O)(=O)N1CCn2ccnc2C1. The number of aromatic nitrogens is 2. The fourth-order valence-corrected chi connectivity index (χ4v) is 3.32. The number of fused-ring (bicyclic) bond motifs is 1. The molecular weight excluding hydrogens is 284 g/mol. The first-order valence-electron chi connectivity index (χ1n) is 6.23. The summed E-state index contributed by atoms with van der Waals surface area (Å²) >= 11 is 0. The van der Waals surface area contributed by atoms with Gasteiger partial charge >= 0.3 is 5.97 Å². The lowest BCUT2D eigenvalue weighted by Gasteiger charge is -2.30. The van der Waals surface area contributed by atoms with Crippen molar-refractivity contribution in [3.63, 3.8) is 0 Å². The maximum absolute atomic E-state index is 12.4. The summed E-state index contributed by atoms with van der Waals surface area (Å²) in [6.45, 7) is 1.32. The zero-order chi connectivity index (χ0) is 14.8. The van der Waals surface area contributed by atoms with Crippen LogP contribution in [-0.2, 0) is 32.8 Å². The molecule has 0 saturated carbocycles. The second-order valence-electron chi connectivity index (χ2n) is 4.53. The lowest BCUT2D eigenvalue weighted by atomic mass is 10.4. The number of hydrogen-bond donors (Lipinski definition) is 0. The Morgan fingerprint density at radius 2 is 2.25 bits per heavy atom. The van der Waals surface area contributed by atoms with Crippen LogP contribution in [0.1, 0.15) is 12.2 Å². The van der Waals surface area contributed by atoms with Gasteiger partial charge in [0.2, 0.25) is 0 Å². The summed E-state index contributed by atoms with van der Waals surface area (Å²) in [6.07, 6.45) is 3.53. The quantitative estimate of drug-likeness (QED) is 0.681. The summed E-state index contributed by atoms with van der Waals surface area (Å²) in [5.74, 6) is 0.294. The van der Waals surface area contributed by atoms with Gasteiger partial charge in [-0.1, -0.05) is 0 Å². The highest BCUT2D eigenvalue weighted by Crippen LogP contribution is 2.16. The topological polar surface area (TPSA) is 84.7 Å². The van der Waals surface area contributed by atoms with Gasteiger partial charge in [0.25, 0.3) is 10.2 Å². The molecule has 0 atom stereocenters. The third kappa shape index (κ3) is 3.00. The predicted molar refractivity (Wildman–Crippen MR) is 70.8 cm³/mol. The smallest absolute Gasteiger partial charge is 0.306 e. The normalized spacial score (nSPS) is 16.1. The van der Waals surface area contributed by atoms with Gasteiger partial charge in [-0.05, 0) is 0 Å². The van der Waals surface area contributed by atoms with Gasteiger partial charge in [0.1, 0.15) is 5.82 Å². The molecule has 1 aliphatic heterocycles. The molecule has 1 aromatic rings. The number of nitrogens with zero attached hydrogens (tertiary/aromatic N) is 4. The van der Waals surface area contributed by atoms with Crippen LogP contribution in [0.3, 0.4) is 0 Å². The van der Waals surface area contributed by atoms with Crippen molar-refractivity contribution >= 4 is 16.2 Å². The highest BCUT2D eigenvalue weighted by Gasteiger charge is 2.30. The van der Waals surface area contributed by atoms with E-state index >= 15 is 0 Å². The number of carbonyl (C=O) groups is 1. The molecule has 20 heavy (non-hydrogen) atoms. The number of methoxy groups -OCH3 is 1. The number of rotatable bonds is 5. The first-order chi connectivity index (χ1) is 9.45. The van der Waals surface area contributed by atoms with E-state index in [4.69, 9.17) is 0 Å². The van der Waals surface area contributed by atoms with Crippen molar-refractivity contribution in [3.05, 3.63) is 18.2 Å². The van der Waals surface area contributed by atoms with Crippen LogP contribution in [0.2, 0.25) is 0 Å². The minimum Gasteiger partial charge on any atom is -0.469 e. The highest BCUT2D eigenvalue weighted by molar-refractivity contribution is 7.86. The van der Waals surface area contributed by atoms with Gasteiger partial charge in [-0.3, -0.25) is 4.79 Å². The van der Waals surface area contributed by atoms with Crippen LogP contribution < -0.4 is 0 Å². The molecule has 112 valence electrons. The largest absolute Gasteiger partial charge is 0.469 e. The molecule has 0 radical (unpaired) electrons. The Bertz CT molecular complexity index is 583. The lowest BCUT2D eigenvalue weighted by Crippen LogP contribution is -2.46. The summed E-state index contributed by atoms with van der Waals surface area (Å²) in [4.78, 5) is 15.2. The monoisotopic (exact) mass is 302 g/mol. The van der Waals surface area contributed by atoms with Crippen LogP contribution >= 0.6 is 0 Å². The summed E-state index contributed by atoms with van der Waals surface area (Å²) < 4.78 is 33.7. The molecule has 1 aliphatic rings. The van der Waals surface area contributed by atoms with Crippen LogP contribution in [0, 0.1) is 0 Å². The molecule has 0 spiro atoms. The van der Waals surface area contributed by atoms with Crippen molar-refractivity contribution in [2.24, 2.45) is 0 Å². The van der Waals surface area contributed by atoms with Crippen LogP contribution in [0.4, 0.5) is 0 Å². The lowest BCUT2D eigenvalue weighted by molar-refractivity contribution is -0.140. The van der Waals surface area contributed by atoms with Crippen molar-refractivity contribution in [1.29, 1.82) is 0 Å². The molecule has 0 aliphatic carbocycles. The van der Waals surface area contributed by atoms with Gasteiger partial charge in [0, 0.05) is 39.1 Å². The Morgan fingerprint density at radius 1 is 1.50 bits per heavy atom. The molecule has 0 unspecified atom stereocenters. The number of carbonyl (C=O) groups excluding carboxylic acids is 1. The standard InChI is InChI=1S/C11H18N4O4S/c1-13(5-3-11(16)19-2)20(17,18)15-8-7-14-6-4-12-10(14)9-15/h4,6H,3,5,7-9H2,1-2H3. The van der Waals surface area contributed by atoms with Crippen LogP contribution in [0.5, 0.6) is 0 Å². The van der Waals surface area contributed by atoms with E-state index < -0.39 is 16.2 Å². The summed E-state index contributed by atoms with van der Waals surface area (Å²) in [5.41, 5.74) is 0. The predicted octanol–water partition coefficient (Wildman–Crippen LogP) is -0.562. The minimum absolute atomic E-state index is 0.0364. The van der Waals surface area contributed by atoms with Gasteiger partial charge < -0.3 is 9.30 Å². The molecule has 0 amide bonds. The van der Waals surface area contributed by atoms with E-state index in [0.717, 1.165) is 5.82 Å².